The molecule has 1 atom stereocenters. The van der Waals surface area contributed by atoms with E-state index in [1.807, 2.05) is 31.2 Å². The standard InChI is InChI=1S/C24H20FN5O2/c1-15-7-9-17(10-8-15)19(13-26)29-24(31)22-16(2)28-23-21(6-4-12-30(22)23)32-14-20-18(25)5-3-11-27-20/h3-12,19H,14H2,1-2H3,(H,29,31). The first kappa shape index (κ1) is 21.0. The topological polar surface area (TPSA) is 92.3 Å². The molecule has 7 nitrogen and oxygen atoms in total. The zero-order valence-electron chi connectivity index (χ0n) is 17.5. The number of amides is 1. The molecule has 1 N–H and O–H groups in total. The van der Waals surface area contributed by atoms with E-state index in [1.54, 1.807) is 29.7 Å². The molecule has 1 unspecified atom stereocenters. The minimum atomic E-state index is -0.806. The van der Waals surface area contributed by atoms with Crippen LogP contribution >= 0.6 is 0 Å². The number of imidazole rings is 1. The van der Waals surface area contributed by atoms with Crippen LogP contribution in [0.3, 0.4) is 0 Å². The summed E-state index contributed by atoms with van der Waals surface area (Å²) in [6, 6.07) is 14.9. The maximum absolute atomic E-state index is 13.9. The fraction of sp³-hybridized carbons (Fsp3) is 0.167. The third kappa shape index (κ3) is 4.14. The van der Waals surface area contributed by atoms with Gasteiger partial charge in [0.2, 0.25) is 0 Å². The number of hydrogen-bond donors (Lipinski definition) is 1. The zero-order valence-corrected chi connectivity index (χ0v) is 17.5. The molecule has 0 saturated carbocycles. The summed E-state index contributed by atoms with van der Waals surface area (Å²) in [5.74, 6) is -0.511. The third-order valence-electron chi connectivity index (χ3n) is 5.02. The van der Waals surface area contributed by atoms with Gasteiger partial charge in [-0.15, -0.1) is 0 Å². The van der Waals surface area contributed by atoms with Crippen LogP contribution in [0.4, 0.5) is 4.39 Å². The summed E-state index contributed by atoms with van der Waals surface area (Å²) in [4.78, 5) is 21.5. The molecule has 0 aliphatic carbocycles. The number of nitrogens with zero attached hydrogens (tertiary/aromatic N) is 4. The molecule has 1 aromatic carbocycles. The van der Waals surface area contributed by atoms with E-state index in [0.29, 0.717) is 28.3 Å². The van der Waals surface area contributed by atoms with Crippen LogP contribution in [0.1, 0.15) is 39.0 Å². The van der Waals surface area contributed by atoms with Gasteiger partial charge in [-0.2, -0.15) is 5.26 Å². The molecule has 0 spiro atoms. The van der Waals surface area contributed by atoms with Gasteiger partial charge in [-0.3, -0.25) is 14.2 Å². The summed E-state index contributed by atoms with van der Waals surface area (Å²) in [5, 5.41) is 12.3. The molecule has 0 bridgehead atoms. The predicted molar refractivity (Wildman–Crippen MR) is 115 cm³/mol. The largest absolute Gasteiger partial charge is 0.483 e. The van der Waals surface area contributed by atoms with Crippen LogP contribution < -0.4 is 10.1 Å². The molecular formula is C24H20FN5O2. The van der Waals surface area contributed by atoms with Gasteiger partial charge < -0.3 is 10.1 Å². The fourth-order valence-electron chi connectivity index (χ4n) is 3.36. The van der Waals surface area contributed by atoms with Crippen molar-refractivity contribution in [2.75, 3.05) is 0 Å². The average Bonchev–Trinajstić information content (AvgIpc) is 3.14. The van der Waals surface area contributed by atoms with Gasteiger partial charge in [0.15, 0.2) is 11.4 Å². The Morgan fingerprint density at radius 1 is 1.22 bits per heavy atom. The predicted octanol–water partition coefficient (Wildman–Crippen LogP) is 4.06. The Morgan fingerprint density at radius 3 is 2.72 bits per heavy atom. The van der Waals surface area contributed by atoms with Crippen LogP contribution in [-0.2, 0) is 6.61 Å². The lowest BCUT2D eigenvalue weighted by molar-refractivity contribution is 0.0938. The highest BCUT2D eigenvalue weighted by atomic mass is 19.1. The van der Waals surface area contributed by atoms with E-state index in [4.69, 9.17) is 4.74 Å². The van der Waals surface area contributed by atoms with E-state index in [2.05, 4.69) is 21.4 Å². The van der Waals surface area contributed by atoms with Gasteiger partial charge in [0.1, 0.15) is 29.9 Å². The quantitative estimate of drug-likeness (QED) is 0.499. The third-order valence-corrected chi connectivity index (χ3v) is 5.02. The van der Waals surface area contributed by atoms with Crippen molar-refractivity contribution in [1.82, 2.24) is 19.7 Å². The second-order valence-corrected chi connectivity index (χ2v) is 7.28. The van der Waals surface area contributed by atoms with E-state index in [0.717, 1.165) is 5.56 Å². The van der Waals surface area contributed by atoms with Crippen molar-refractivity contribution in [1.29, 1.82) is 5.26 Å². The number of rotatable bonds is 6. The van der Waals surface area contributed by atoms with Crippen molar-refractivity contribution in [2.45, 2.75) is 26.5 Å². The highest BCUT2D eigenvalue weighted by Gasteiger charge is 2.22. The van der Waals surface area contributed by atoms with Crippen molar-refractivity contribution in [3.63, 3.8) is 0 Å². The summed E-state index contributed by atoms with van der Waals surface area (Å²) in [7, 11) is 0. The van der Waals surface area contributed by atoms with Crippen LogP contribution in [0, 0.1) is 31.0 Å². The smallest absolute Gasteiger partial charge is 0.271 e. The van der Waals surface area contributed by atoms with Crippen LogP contribution in [0.15, 0.2) is 60.9 Å². The number of hydrogen-bond acceptors (Lipinski definition) is 5. The molecular weight excluding hydrogens is 409 g/mol. The Labute approximate surface area is 184 Å². The summed E-state index contributed by atoms with van der Waals surface area (Å²) < 4.78 is 21.2. The Hall–Kier alpha value is -4.25. The van der Waals surface area contributed by atoms with Gasteiger partial charge >= 0.3 is 0 Å². The summed E-state index contributed by atoms with van der Waals surface area (Å²) in [5.41, 5.74) is 3.11. The molecule has 1 amide bonds. The van der Waals surface area contributed by atoms with Crippen molar-refractivity contribution < 1.29 is 13.9 Å². The van der Waals surface area contributed by atoms with Gasteiger partial charge in [0.05, 0.1) is 11.8 Å². The Balaban J connectivity index is 1.60. The van der Waals surface area contributed by atoms with Crippen LogP contribution in [-0.4, -0.2) is 20.3 Å². The molecule has 3 aromatic heterocycles. The molecule has 3 heterocycles. The SMILES string of the molecule is Cc1ccc(C(C#N)NC(=O)c2c(C)nc3c(OCc4ncccc4F)cccn23)cc1. The van der Waals surface area contributed by atoms with Crippen LogP contribution in [0.5, 0.6) is 5.75 Å². The first-order valence-electron chi connectivity index (χ1n) is 9.95. The lowest BCUT2D eigenvalue weighted by Gasteiger charge is -2.13. The zero-order chi connectivity index (χ0) is 22.7. The number of pyridine rings is 2. The minimum Gasteiger partial charge on any atom is -0.483 e. The lowest BCUT2D eigenvalue weighted by Crippen LogP contribution is -2.29. The fourth-order valence-corrected chi connectivity index (χ4v) is 3.36. The van der Waals surface area contributed by atoms with Crippen LogP contribution in [0.25, 0.3) is 5.65 Å². The van der Waals surface area contributed by atoms with Gasteiger partial charge in [0, 0.05) is 12.4 Å². The number of carbonyl (C=O) groups excluding carboxylic acids is 1. The maximum atomic E-state index is 13.9. The van der Waals surface area contributed by atoms with Crippen molar-refractivity contribution in [2.24, 2.45) is 0 Å². The second kappa shape index (κ2) is 8.86. The highest BCUT2D eigenvalue weighted by Crippen LogP contribution is 2.24. The molecule has 0 aliphatic heterocycles. The van der Waals surface area contributed by atoms with E-state index in [1.165, 1.54) is 18.3 Å². The van der Waals surface area contributed by atoms with Gasteiger partial charge in [0.25, 0.3) is 5.91 Å². The molecule has 0 fully saturated rings. The Bertz CT molecular complexity index is 1320. The number of ether oxygens (including phenoxy) is 1. The summed E-state index contributed by atoms with van der Waals surface area (Å²) in [6.45, 7) is 3.58. The molecule has 0 radical (unpaired) electrons. The van der Waals surface area contributed by atoms with E-state index in [9.17, 15) is 14.4 Å². The normalized spacial score (nSPS) is 11.7. The van der Waals surface area contributed by atoms with Crippen molar-refractivity contribution in [3.05, 3.63) is 95.0 Å². The molecule has 8 heteroatoms. The van der Waals surface area contributed by atoms with Gasteiger partial charge in [-0.1, -0.05) is 29.8 Å². The molecule has 4 rings (SSSR count). The van der Waals surface area contributed by atoms with Gasteiger partial charge in [-0.05, 0) is 43.7 Å². The first-order valence-corrected chi connectivity index (χ1v) is 9.95. The number of nitrogens with one attached hydrogen (secondary N) is 1. The van der Waals surface area contributed by atoms with Crippen molar-refractivity contribution in [3.8, 4) is 11.8 Å². The van der Waals surface area contributed by atoms with Crippen molar-refractivity contribution >= 4 is 11.6 Å². The number of benzene rings is 1. The lowest BCUT2D eigenvalue weighted by atomic mass is 10.1. The molecule has 0 saturated heterocycles. The monoisotopic (exact) mass is 429 g/mol. The van der Waals surface area contributed by atoms with E-state index in [-0.39, 0.29) is 12.3 Å². The number of nitriles is 1. The summed E-state index contributed by atoms with van der Waals surface area (Å²) >= 11 is 0. The number of carbonyl (C=O) groups is 1. The molecule has 0 aliphatic rings. The summed E-state index contributed by atoms with van der Waals surface area (Å²) in [6.07, 6.45) is 3.18. The maximum Gasteiger partial charge on any atom is 0.271 e. The average molecular weight is 429 g/mol. The number of aryl methyl sites for hydroxylation is 2. The number of aromatic nitrogens is 3. The van der Waals surface area contributed by atoms with E-state index >= 15 is 0 Å². The Morgan fingerprint density at radius 2 is 2.00 bits per heavy atom. The molecule has 4 aromatic rings. The van der Waals surface area contributed by atoms with Gasteiger partial charge in [-0.25, -0.2) is 9.37 Å². The Kier molecular flexibility index (Phi) is 5.81. The minimum absolute atomic E-state index is 0.0796. The van der Waals surface area contributed by atoms with Crippen LogP contribution in [0.2, 0.25) is 0 Å². The number of halogens is 1. The van der Waals surface area contributed by atoms with E-state index < -0.39 is 17.8 Å². The highest BCUT2D eigenvalue weighted by molar-refractivity contribution is 5.95. The first-order chi connectivity index (χ1) is 15.5. The molecule has 160 valence electrons. The second-order valence-electron chi connectivity index (χ2n) is 7.28. The number of fused-ring (bicyclic) bond motifs is 1. The molecule has 32 heavy (non-hydrogen) atoms.